The third-order valence-corrected chi connectivity index (χ3v) is 2.03. The molecule has 1 nitrogen and oxygen atoms in total. The lowest BCUT2D eigenvalue weighted by Gasteiger charge is -2.03. The molecule has 1 unspecified atom stereocenters. The number of hydrogen-bond acceptors (Lipinski definition) is 1. The first-order chi connectivity index (χ1) is 5.72. The molecular formula is C10H16ClOP. The molecule has 0 aliphatic heterocycles. The minimum atomic E-state index is 0. The van der Waals surface area contributed by atoms with E-state index in [9.17, 15) is 0 Å². The Kier molecular flexibility index (Phi) is 6.32. The fourth-order valence-corrected chi connectivity index (χ4v) is 1.51. The minimum absolute atomic E-state index is 0. The summed E-state index contributed by atoms with van der Waals surface area (Å²) in [5.41, 5.74) is 4.01. The predicted molar refractivity (Wildman–Crippen MR) is 62.5 cm³/mol. The first-order valence-electron chi connectivity index (χ1n) is 4.11. The number of rotatable bonds is 3. The van der Waals surface area contributed by atoms with E-state index in [1.165, 1.54) is 16.7 Å². The quantitative estimate of drug-likeness (QED) is 0.709. The number of benzene rings is 1. The SMILES string of the molecule is Cc1cc(C)cc(CCOP)c1.Cl. The largest absolute Gasteiger partial charge is 0.365 e. The standard InChI is InChI=1S/C10H15OP.ClH/c1-8-5-9(2)7-10(6-8)3-4-11-12;/h5-7H,3-4,12H2,1-2H3;1H. The Morgan fingerprint density at radius 3 is 2.15 bits per heavy atom. The predicted octanol–water partition coefficient (Wildman–Crippen LogP) is 3.07. The highest BCUT2D eigenvalue weighted by Crippen LogP contribution is 2.09. The topological polar surface area (TPSA) is 9.23 Å². The van der Waals surface area contributed by atoms with Gasteiger partial charge in [0.25, 0.3) is 0 Å². The molecule has 0 radical (unpaired) electrons. The van der Waals surface area contributed by atoms with E-state index >= 15 is 0 Å². The maximum atomic E-state index is 4.94. The fraction of sp³-hybridized carbons (Fsp3) is 0.400. The second-order valence-electron chi connectivity index (χ2n) is 3.12. The Hall–Kier alpha value is -0.100. The average Bonchev–Trinajstić information content (AvgIpc) is 1.99. The maximum Gasteiger partial charge on any atom is 0.0542 e. The van der Waals surface area contributed by atoms with Gasteiger partial charge in [0.05, 0.1) is 6.61 Å². The lowest BCUT2D eigenvalue weighted by Crippen LogP contribution is -1.92. The van der Waals surface area contributed by atoms with E-state index in [1.54, 1.807) is 0 Å². The number of halogens is 1. The summed E-state index contributed by atoms with van der Waals surface area (Å²) in [5, 5.41) is 0. The van der Waals surface area contributed by atoms with Crippen LogP contribution in [0, 0.1) is 13.8 Å². The Morgan fingerprint density at radius 1 is 1.15 bits per heavy atom. The molecule has 0 N–H and O–H groups in total. The van der Waals surface area contributed by atoms with E-state index in [1.807, 2.05) is 0 Å². The minimum Gasteiger partial charge on any atom is -0.365 e. The summed E-state index contributed by atoms with van der Waals surface area (Å²) in [5.74, 6) is 0. The molecule has 1 aromatic carbocycles. The summed E-state index contributed by atoms with van der Waals surface area (Å²) in [7, 11) is 2.27. The molecular weight excluding hydrogens is 203 g/mol. The van der Waals surface area contributed by atoms with Gasteiger partial charge < -0.3 is 4.52 Å². The smallest absolute Gasteiger partial charge is 0.0542 e. The van der Waals surface area contributed by atoms with E-state index in [0.29, 0.717) is 0 Å². The van der Waals surface area contributed by atoms with Crippen molar-refractivity contribution in [3.8, 4) is 0 Å². The molecule has 0 fully saturated rings. The van der Waals surface area contributed by atoms with Crippen LogP contribution in [0.1, 0.15) is 16.7 Å². The van der Waals surface area contributed by atoms with Crippen LogP contribution < -0.4 is 0 Å². The van der Waals surface area contributed by atoms with Crippen molar-refractivity contribution in [1.82, 2.24) is 0 Å². The summed E-state index contributed by atoms with van der Waals surface area (Å²) < 4.78 is 4.94. The van der Waals surface area contributed by atoms with Gasteiger partial charge in [-0.25, -0.2) is 0 Å². The fourth-order valence-electron chi connectivity index (χ4n) is 1.39. The van der Waals surface area contributed by atoms with Crippen molar-refractivity contribution in [1.29, 1.82) is 0 Å². The first kappa shape index (κ1) is 12.9. The van der Waals surface area contributed by atoms with Crippen LogP contribution in [0.25, 0.3) is 0 Å². The molecule has 13 heavy (non-hydrogen) atoms. The van der Waals surface area contributed by atoms with Gasteiger partial charge >= 0.3 is 0 Å². The highest BCUT2D eigenvalue weighted by molar-refractivity contribution is 7.09. The van der Waals surface area contributed by atoms with E-state index in [4.69, 9.17) is 4.52 Å². The van der Waals surface area contributed by atoms with Gasteiger partial charge in [-0.15, -0.1) is 12.4 Å². The Morgan fingerprint density at radius 2 is 1.69 bits per heavy atom. The van der Waals surface area contributed by atoms with Gasteiger partial charge in [-0.1, -0.05) is 29.3 Å². The zero-order chi connectivity index (χ0) is 8.97. The first-order valence-corrected chi connectivity index (χ1v) is 4.58. The van der Waals surface area contributed by atoms with Crippen LogP contribution >= 0.6 is 21.9 Å². The Labute approximate surface area is 88.6 Å². The molecule has 0 saturated carbocycles. The maximum absolute atomic E-state index is 4.94. The molecule has 0 aromatic heterocycles. The molecule has 1 atom stereocenters. The summed E-state index contributed by atoms with van der Waals surface area (Å²) >= 11 is 0. The second-order valence-corrected chi connectivity index (χ2v) is 3.45. The van der Waals surface area contributed by atoms with Crippen molar-refractivity contribution < 1.29 is 4.52 Å². The summed E-state index contributed by atoms with van der Waals surface area (Å²) in [6, 6.07) is 6.60. The van der Waals surface area contributed by atoms with Crippen molar-refractivity contribution in [2.24, 2.45) is 0 Å². The van der Waals surface area contributed by atoms with Gasteiger partial charge in [0.1, 0.15) is 0 Å². The van der Waals surface area contributed by atoms with Gasteiger partial charge in [0, 0.05) is 9.47 Å². The highest BCUT2D eigenvalue weighted by Gasteiger charge is 1.94. The molecule has 0 bridgehead atoms. The van der Waals surface area contributed by atoms with Crippen LogP contribution in [0.2, 0.25) is 0 Å². The van der Waals surface area contributed by atoms with Crippen LogP contribution in [0.5, 0.6) is 0 Å². The molecule has 3 heteroatoms. The van der Waals surface area contributed by atoms with Crippen molar-refractivity contribution >= 4 is 21.9 Å². The van der Waals surface area contributed by atoms with E-state index in [-0.39, 0.29) is 12.4 Å². The van der Waals surface area contributed by atoms with Crippen molar-refractivity contribution in [2.45, 2.75) is 20.3 Å². The summed E-state index contributed by atoms with van der Waals surface area (Å²) in [6.45, 7) is 5.02. The van der Waals surface area contributed by atoms with Gasteiger partial charge in [-0.3, -0.25) is 0 Å². The molecule has 0 aliphatic carbocycles. The molecule has 0 spiro atoms. The molecule has 1 rings (SSSR count). The van der Waals surface area contributed by atoms with Crippen LogP contribution in [0.3, 0.4) is 0 Å². The number of hydrogen-bond donors (Lipinski definition) is 0. The summed E-state index contributed by atoms with van der Waals surface area (Å²) in [6.07, 6.45) is 0.992. The van der Waals surface area contributed by atoms with Gasteiger partial charge in [0.2, 0.25) is 0 Å². The van der Waals surface area contributed by atoms with E-state index in [2.05, 4.69) is 41.5 Å². The molecule has 0 heterocycles. The van der Waals surface area contributed by atoms with E-state index in [0.717, 1.165) is 13.0 Å². The second kappa shape index (κ2) is 6.37. The monoisotopic (exact) mass is 218 g/mol. The molecule has 0 amide bonds. The molecule has 0 saturated heterocycles. The third kappa shape index (κ3) is 4.61. The van der Waals surface area contributed by atoms with Crippen molar-refractivity contribution in [3.63, 3.8) is 0 Å². The van der Waals surface area contributed by atoms with E-state index < -0.39 is 0 Å². The van der Waals surface area contributed by atoms with Crippen molar-refractivity contribution in [2.75, 3.05) is 6.61 Å². The van der Waals surface area contributed by atoms with Crippen molar-refractivity contribution in [3.05, 3.63) is 34.9 Å². The van der Waals surface area contributed by atoms with Crippen LogP contribution in [0.4, 0.5) is 0 Å². The third-order valence-electron chi connectivity index (χ3n) is 1.79. The number of aryl methyl sites for hydroxylation is 2. The molecule has 1 aromatic rings. The molecule has 0 aliphatic rings. The molecule has 74 valence electrons. The van der Waals surface area contributed by atoms with Crippen LogP contribution in [0.15, 0.2) is 18.2 Å². The van der Waals surface area contributed by atoms with Gasteiger partial charge in [-0.2, -0.15) is 0 Å². The van der Waals surface area contributed by atoms with Gasteiger partial charge in [-0.05, 0) is 25.8 Å². The lowest BCUT2D eigenvalue weighted by atomic mass is 10.1. The Bertz CT molecular complexity index is 243. The highest BCUT2D eigenvalue weighted by atomic mass is 35.5. The van der Waals surface area contributed by atoms with Gasteiger partial charge in [0.15, 0.2) is 0 Å². The summed E-state index contributed by atoms with van der Waals surface area (Å²) in [4.78, 5) is 0. The zero-order valence-electron chi connectivity index (χ0n) is 8.04. The average molecular weight is 219 g/mol. The Balaban J connectivity index is 0.00000144. The lowest BCUT2D eigenvalue weighted by molar-refractivity contribution is 0.377. The van der Waals surface area contributed by atoms with Crippen LogP contribution in [-0.4, -0.2) is 6.61 Å². The zero-order valence-corrected chi connectivity index (χ0v) is 10.0. The normalized spacial score (nSPS) is 9.46. The van der Waals surface area contributed by atoms with Crippen LogP contribution in [-0.2, 0) is 10.9 Å².